The van der Waals surface area contributed by atoms with E-state index in [1.54, 1.807) is 0 Å². The van der Waals surface area contributed by atoms with E-state index < -0.39 is 0 Å². The molecule has 0 amide bonds. The quantitative estimate of drug-likeness (QED) is 0.838. The molecule has 3 fully saturated rings. The van der Waals surface area contributed by atoms with E-state index in [9.17, 15) is 0 Å². The summed E-state index contributed by atoms with van der Waals surface area (Å²) in [4.78, 5) is 2.96. The molecule has 2 heteroatoms. The van der Waals surface area contributed by atoms with Gasteiger partial charge in [-0.25, -0.2) is 0 Å². The number of nitrogens with one attached hydrogen (secondary N) is 1. The SMILES string of the molecule is CCNC1CCCCC1N1CCC[C@H]2CCCC[C@H]21. The summed E-state index contributed by atoms with van der Waals surface area (Å²) < 4.78 is 0. The maximum atomic E-state index is 3.79. The molecule has 2 aliphatic carbocycles. The van der Waals surface area contributed by atoms with Gasteiger partial charge in [-0.05, 0) is 57.5 Å². The van der Waals surface area contributed by atoms with Gasteiger partial charge in [0, 0.05) is 18.1 Å². The minimum atomic E-state index is 0.777. The van der Waals surface area contributed by atoms with Crippen LogP contribution in [0.2, 0.25) is 0 Å². The first kappa shape index (κ1) is 13.9. The van der Waals surface area contributed by atoms with Crippen molar-refractivity contribution in [3.8, 4) is 0 Å². The molecule has 1 N–H and O–H groups in total. The van der Waals surface area contributed by atoms with Crippen molar-refractivity contribution in [2.24, 2.45) is 5.92 Å². The molecule has 0 spiro atoms. The molecule has 0 aromatic heterocycles. The maximum Gasteiger partial charge on any atom is 0.0252 e. The minimum Gasteiger partial charge on any atom is -0.313 e. The highest BCUT2D eigenvalue weighted by Gasteiger charge is 2.39. The van der Waals surface area contributed by atoms with Crippen molar-refractivity contribution in [2.45, 2.75) is 89.3 Å². The molecule has 3 rings (SSSR count). The van der Waals surface area contributed by atoms with Gasteiger partial charge in [0.2, 0.25) is 0 Å². The smallest absolute Gasteiger partial charge is 0.0252 e. The molecule has 0 bridgehead atoms. The highest BCUT2D eigenvalue weighted by molar-refractivity contribution is 4.96. The van der Waals surface area contributed by atoms with Crippen LogP contribution in [0.4, 0.5) is 0 Å². The number of hydrogen-bond acceptors (Lipinski definition) is 2. The number of piperidine rings is 1. The van der Waals surface area contributed by atoms with E-state index in [2.05, 4.69) is 17.1 Å². The lowest BCUT2D eigenvalue weighted by Gasteiger charge is -2.51. The maximum absolute atomic E-state index is 3.79. The summed E-state index contributed by atoms with van der Waals surface area (Å²) in [5.41, 5.74) is 0. The minimum absolute atomic E-state index is 0.777. The molecule has 1 aliphatic heterocycles. The Morgan fingerprint density at radius 2 is 1.53 bits per heavy atom. The number of likely N-dealkylation sites (tertiary alicyclic amines) is 1. The summed E-state index contributed by atoms with van der Waals surface area (Å²) in [5.74, 6) is 1.03. The molecule has 0 aromatic carbocycles. The summed E-state index contributed by atoms with van der Waals surface area (Å²) in [7, 11) is 0. The summed E-state index contributed by atoms with van der Waals surface area (Å²) in [6.45, 7) is 4.79. The Balaban J connectivity index is 1.70. The Hall–Kier alpha value is -0.0800. The van der Waals surface area contributed by atoms with Crippen molar-refractivity contribution in [1.29, 1.82) is 0 Å². The second kappa shape index (κ2) is 6.58. The molecular weight excluding hydrogens is 232 g/mol. The van der Waals surface area contributed by atoms with Gasteiger partial charge in [0.05, 0.1) is 0 Å². The zero-order valence-electron chi connectivity index (χ0n) is 12.7. The van der Waals surface area contributed by atoms with Gasteiger partial charge in [-0.1, -0.05) is 32.6 Å². The van der Waals surface area contributed by atoms with E-state index in [4.69, 9.17) is 0 Å². The van der Waals surface area contributed by atoms with E-state index in [1.165, 1.54) is 70.8 Å². The highest BCUT2D eigenvalue weighted by atomic mass is 15.2. The molecule has 2 nitrogen and oxygen atoms in total. The van der Waals surface area contributed by atoms with Crippen LogP contribution in [0, 0.1) is 5.92 Å². The number of rotatable bonds is 3. The van der Waals surface area contributed by atoms with E-state index in [0.29, 0.717) is 0 Å². The van der Waals surface area contributed by atoms with Gasteiger partial charge in [-0.2, -0.15) is 0 Å². The summed E-state index contributed by atoms with van der Waals surface area (Å²) in [6, 6.07) is 2.56. The molecule has 2 unspecified atom stereocenters. The monoisotopic (exact) mass is 264 g/mol. The molecule has 19 heavy (non-hydrogen) atoms. The largest absolute Gasteiger partial charge is 0.313 e. The first-order chi connectivity index (χ1) is 9.40. The normalized spacial score (nSPS) is 40.9. The van der Waals surface area contributed by atoms with E-state index in [-0.39, 0.29) is 0 Å². The molecule has 110 valence electrons. The van der Waals surface area contributed by atoms with Gasteiger partial charge >= 0.3 is 0 Å². The van der Waals surface area contributed by atoms with Crippen molar-refractivity contribution in [3.05, 3.63) is 0 Å². The molecule has 1 heterocycles. The van der Waals surface area contributed by atoms with Gasteiger partial charge in [-0.3, -0.25) is 4.90 Å². The van der Waals surface area contributed by atoms with Crippen LogP contribution in [0.15, 0.2) is 0 Å². The fourth-order valence-corrected chi connectivity index (χ4v) is 5.08. The molecular formula is C17H32N2. The third-order valence-electron chi connectivity index (χ3n) is 5.91. The van der Waals surface area contributed by atoms with Crippen LogP contribution in [0.5, 0.6) is 0 Å². The summed E-state index contributed by atoms with van der Waals surface area (Å²) >= 11 is 0. The average molecular weight is 264 g/mol. The fraction of sp³-hybridized carbons (Fsp3) is 1.00. The molecule has 4 atom stereocenters. The molecule has 1 saturated heterocycles. The van der Waals surface area contributed by atoms with Gasteiger partial charge in [-0.15, -0.1) is 0 Å². The third-order valence-corrected chi connectivity index (χ3v) is 5.91. The summed E-state index contributed by atoms with van der Waals surface area (Å²) in [5, 5.41) is 3.79. The van der Waals surface area contributed by atoms with Crippen LogP contribution in [0.25, 0.3) is 0 Å². The first-order valence-corrected chi connectivity index (χ1v) is 8.89. The Morgan fingerprint density at radius 3 is 2.37 bits per heavy atom. The molecule has 0 aromatic rings. The van der Waals surface area contributed by atoms with Crippen molar-refractivity contribution in [3.63, 3.8) is 0 Å². The van der Waals surface area contributed by atoms with Crippen molar-refractivity contribution in [2.75, 3.05) is 13.1 Å². The van der Waals surface area contributed by atoms with Gasteiger partial charge < -0.3 is 5.32 Å². The van der Waals surface area contributed by atoms with Crippen LogP contribution in [-0.2, 0) is 0 Å². The number of likely N-dealkylation sites (N-methyl/N-ethyl adjacent to an activating group) is 1. The van der Waals surface area contributed by atoms with Crippen LogP contribution in [-0.4, -0.2) is 36.1 Å². The second-order valence-electron chi connectivity index (χ2n) is 7.01. The first-order valence-electron chi connectivity index (χ1n) is 8.89. The average Bonchev–Trinajstić information content (AvgIpc) is 2.48. The molecule has 0 radical (unpaired) electrons. The van der Waals surface area contributed by atoms with Gasteiger partial charge in [0.25, 0.3) is 0 Å². The lowest BCUT2D eigenvalue weighted by atomic mass is 9.76. The van der Waals surface area contributed by atoms with Crippen LogP contribution < -0.4 is 5.32 Å². The number of fused-ring (bicyclic) bond motifs is 1. The Kier molecular flexibility index (Phi) is 4.81. The van der Waals surface area contributed by atoms with E-state index in [1.807, 2.05) is 0 Å². The second-order valence-corrected chi connectivity index (χ2v) is 7.01. The lowest BCUT2D eigenvalue weighted by Crippen LogP contribution is -2.58. The van der Waals surface area contributed by atoms with E-state index >= 15 is 0 Å². The highest BCUT2D eigenvalue weighted by Crippen LogP contribution is 2.38. The standard InChI is InChI=1S/C17H32N2/c1-2-18-15-10-4-6-12-17(15)19-13-7-9-14-8-3-5-11-16(14)19/h14-18H,2-13H2,1H3/t14-,15?,16-,17?/m1/s1. The zero-order valence-corrected chi connectivity index (χ0v) is 12.7. The zero-order chi connectivity index (χ0) is 13.1. The molecule has 3 aliphatic rings. The number of hydrogen-bond donors (Lipinski definition) is 1. The summed E-state index contributed by atoms with van der Waals surface area (Å²) in [6.07, 6.45) is 14.7. The van der Waals surface area contributed by atoms with Crippen LogP contribution in [0.1, 0.15) is 71.1 Å². The van der Waals surface area contributed by atoms with Crippen molar-refractivity contribution >= 4 is 0 Å². The number of nitrogens with zero attached hydrogens (tertiary/aromatic N) is 1. The van der Waals surface area contributed by atoms with Crippen molar-refractivity contribution in [1.82, 2.24) is 10.2 Å². The topological polar surface area (TPSA) is 15.3 Å². The van der Waals surface area contributed by atoms with Crippen molar-refractivity contribution < 1.29 is 0 Å². The third kappa shape index (κ3) is 3.00. The fourth-order valence-electron chi connectivity index (χ4n) is 5.08. The Labute approximate surface area is 119 Å². The van der Waals surface area contributed by atoms with Gasteiger partial charge in [0.15, 0.2) is 0 Å². The predicted octanol–water partition coefficient (Wildman–Crippen LogP) is 3.56. The van der Waals surface area contributed by atoms with Crippen LogP contribution in [0.3, 0.4) is 0 Å². The Morgan fingerprint density at radius 1 is 0.842 bits per heavy atom. The van der Waals surface area contributed by atoms with Crippen LogP contribution >= 0.6 is 0 Å². The molecule has 2 saturated carbocycles. The van der Waals surface area contributed by atoms with E-state index in [0.717, 1.165) is 30.6 Å². The Bertz CT molecular complexity index is 274. The van der Waals surface area contributed by atoms with Gasteiger partial charge in [0.1, 0.15) is 0 Å². The lowest BCUT2D eigenvalue weighted by molar-refractivity contribution is 0.000675. The predicted molar refractivity (Wildman–Crippen MR) is 81.4 cm³/mol.